The van der Waals surface area contributed by atoms with Crippen LogP contribution in [0.1, 0.15) is 32.4 Å². The number of hydrogen-bond donors (Lipinski definition) is 3. The minimum atomic E-state index is -0.890. The first-order chi connectivity index (χ1) is 15.7. The number of carbonyl (C=O) groups excluding carboxylic acids is 2. The molecule has 10 heteroatoms. The number of rotatable bonds is 6. The van der Waals surface area contributed by atoms with Crippen molar-refractivity contribution < 1.29 is 23.1 Å². The van der Waals surface area contributed by atoms with Crippen LogP contribution in [0.2, 0.25) is 0 Å². The number of amides is 2. The molecule has 3 N–H and O–H groups in total. The van der Waals surface area contributed by atoms with Crippen LogP contribution in [0, 0.1) is 11.6 Å². The second kappa shape index (κ2) is 10.4. The molecule has 0 radical (unpaired) electrons. The van der Waals surface area contributed by atoms with Crippen LogP contribution in [0.3, 0.4) is 0 Å². The standard InChI is InChI=1S/C23H24F2N4O3S/c1-4-29-13(3)19(21(30)32-5-2)20(28-23(29)33)14-7-6-8-16(11-14)26-22(31)27-18-10-9-15(24)12-17(18)25/h6-12,20H,4-5H2,1-3H3,(H,28,33)(H2,26,27,31). The highest BCUT2D eigenvalue weighted by Crippen LogP contribution is 2.32. The molecule has 1 heterocycles. The van der Waals surface area contributed by atoms with Gasteiger partial charge in [-0.3, -0.25) is 0 Å². The maximum Gasteiger partial charge on any atom is 0.338 e. The van der Waals surface area contributed by atoms with Gasteiger partial charge < -0.3 is 25.6 Å². The predicted molar refractivity (Wildman–Crippen MR) is 126 cm³/mol. The van der Waals surface area contributed by atoms with Crippen LogP contribution < -0.4 is 16.0 Å². The summed E-state index contributed by atoms with van der Waals surface area (Å²) in [6.45, 7) is 6.26. The maximum atomic E-state index is 13.8. The summed E-state index contributed by atoms with van der Waals surface area (Å²) in [5, 5.41) is 8.59. The second-order valence-electron chi connectivity index (χ2n) is 7.18. The average molecular weight is 475 g/mol. The van der Waals surface area contributed by atoms with Crippen molar-refractivity contribution in [3.8, 4) is 0 Å². The van der Waals surface area contributed by atoms with Gasteiger partial charge in [-0.25, -0.2) is 18.4 Å². The number of esters is 1. The van der Waals surface area contributed by atoms with E-state index in [9.17, 15) is 18.4 Å². The quantitative estimate of drug-likeness (QED) is 0.416. The third-order valence-corrected chi connectivity index (χ3v) is 5.40. The van der Waals surface area contributed by atoms with Gasteiger partial charge in [-0.2, -0.15) is 0 Å². The third kappa shape index (κ3) is 5.46. The SMILES string of the molecule is CCOC(=O)C1=C(C)N(CC)C(=S)NC1c1cccc(NC(=O)Nc2ccc(F)cc2F)c1. The van der Waals surface area contributed by atoms with Crippen LogP contribution in [-0.2, 0) is 9.53 Å². The zero-order valence-electron chi connectivity index (χ0n) is 18.4. The molecule has 2 aromatic carbocycles. The van der Waals surface area contributed by atoms with Gasteiger partial charge in [0.05, 0.1) is 23.9 Å². The van der Waals surface area contributed by atoms with E-state index in [1.165, 1.54) is 0 Å². The summed E-state index contributed by atoms with van der Waals surface area (Å²) < 4.78 is 32.1. The van der Waals surface area contributed by atoms with Gasteiger partial charge in [0.2, 0.25) is 0 Å². The highest BCUT2D eigenvalue weighted by atomic mass is 32.1. The number of allylic oxidation sites excluding steroid dienone is 1. The van der Waals surface area contributed by atoms with E-state index in [2.05, 4.69) is 16.0 Å². The molecule has 33 heavy (non-hydrogen) atoms. The van der Waals surface area contributed by atoms with Crippen molar-refractivity contribution in [3.05, 3.63) is 70.9 Å². The lowest BCUT2D eigenvalue weighted by molar-refractivity contribution is -0.139. The average Bonchev–Trinajstić information content (AvgIpc) is 2.76. The minimum Gasteiger partial charge on any atom is -0.463 e. The first-order valence-corrected chi connectivity index (χ1v) is 10.7. The molecule has 174 valence electrons. The number of carbonyl (C=O) groups is 2. The van der Waals surface area contributed by atoms with Crippen LogP contribution in [0.4, 0.5) is 25.0 Å². The molecule has 0 spiro atoms. The Morgan fingerprint density at radius 1 is 1.15 bits per heavy atom. The molecule has 0 saturated carbocycles. The lowest BCUT2D eigenvalue weighted by Crippen LogP contribution is -2.47. The third-order valence-electron chi connectivity index (χ3n) is 5.07. The van der Waals surface area contributed by atoms with E-state index in [-0.39, 0.29) is 12.3 Å². The van der Waals surface area contributed by atoms with Crippen molar-refractivity contribution >= 4 is 40.7 Å². The molecule has 1 atom stereocenters. The van der Waals surface area contributed by atoms with Gasteiger partial charge >= 0.3 is 12.0 Å². The van der Waals surface area contributed by atoms with Gasteiger partial charge in [0, 0.05) is 24.0 Å². The van der Waals surface area contributed by atoms with Crippen molar-refractivity contribution in [1.82, 2.24) is 10.2 Å². The van der Waals surface area contributed by atoms with Crippen molar-refractivity contribution in [3.63, 3.8) is 0 Å². The Morgan fingerprint density at radius 3 is 2.58 bits per heavy atom. The highest BCUT2D eigenvalue weighted by Gasteiger charge is 2.34. The topological polar surface area (TPSA) is 82.7 Å². The van der Waals surface area contributed by atoms with Crippen LogP contribution in [0.15, 0.2) is 53.7 Å². The summed E-state index contributed by atoms with van der Waals surface area (Å²) in [6, 6.07) is 8.38. The molecule has 0 bridgehead atoms. The van der Waals surface area contributed by atoms with E-state index >= 15 is 0 Å². The Morgan fingerprint density at radius 2 is 1.91 bits per heavy atom. The van der Waals surface area contributed by atoms with Crippen molar-refractivity contribution in [1.29, 1.82) is 0 Å². The summed E-state index contributed by atoms with van der Waals surface area (Å²) in [5.41, 5.74) is 2.02. The number of ether oxygens (including phenoxy) is 1. The summed E-state index contributed by atoms with van der Waals surface area (Å²) in [4.78, 5) is 26.9. The fraction of sp³-hybridized carbons (Fsp3) is 0.261. The van der Waals surface area contributed by atoms with Gasteiger partial charge in [-0.1, -0.05) is 12.1 Å². The highest BCUT2D eigenvalue weighted by molar-refractivity contribution is 7.80. The van der Waals surface area contributed by atoms with Gasteiger partial charge in [0.25, 0.3) is 0 Å². The summed E-state index contributed by atoms with van der Waals surface area (Å²) in [6.07, 6.45) is 0. The van der Waals surface area contributed by atoms with E-state index in [1.54, 1.807) is 31.2 Å². The van der Waals surface area contributed by atoms with Crippen LogP contribution in [0.25, 0.3) is 0 Å². The van der Waals surface area contributed by atoms with E-state index < -0.39 is 29.7 Å². The lowest BCUT2D eigenvalue weighted by Gasteiger charge is -2.37. The number of anilines is 2. The Labute approximate surface area is 195 Å². The Balaban J connectivity index is 1.86. The number of benzene rings is 2. The molecule has 1 unspecified atom stereocenters. The Kier molecular flexibility index (Phi) is 7.59. The van der Waals surface area contributed by atoms with Gasteiger partial charge in [-0.05, 0) is 62.8 Å². The first-order valence-electron chi connectivity index (χ1n) is 10.3. The van der Waals surface area contributed by atoms with E-state index in [0.29, 0.717) is 40.2 Å². The molecule has 0 saturated heterocycles. The molecular weight excluding hydrogens is 450 g/mol. The molecule has 3 rings (SSSR count). The molecule has 1 aliphatic rings. The van der Waals surface area contributed by atoms with Gasteiger partial charge in [0.1, 0.15) is 11.6 Å². The number of hydrogen-bond acceptors (Lipinski definition) is 4. The molecule has 1 aliphatic heterocycles. The van der Waals surface area contributed by atoms with E-state index in [4.69, 9.17) is 17.0 Å². The van der Waals surface area contributed by atoms with Crippen LogP contribution in [-0.4, -0.2) is 35.2 Å². The van der Waals surface area contributed by atoms with Crippen molar-refractivity contribution in [2.45, 2.75) is 26.8 Å². The fourth-order valence-corrected chi connectivity index (χ4v) is 3.94. The minimum absolute atomic E-state index is 0.160. The van der Waals surface area contributed by atoms with Crippen molar-refractivity contribution in [2.24, 2.45) is 0 Å². The molecular formula is C23H24F2N4O3S. The molecule has 2 amide bonds. The second-order valence-corrected chi connectivity index (χ2v) is 7.56. The zero-order chi connectivity index (χ0) is 24.1. The summed E-state index contributed by atoms with van der Waals surface area (Å²) in [7, 11) is 0. The molecule has 7 nitrogen and oxygen atoms in total. The normalized spacial score (nSPS) is 15.7. The summed E-state index contributed by atoms with van der Waals surface area (Å²) >= 11 is 5.47. The molecule has 0 aliphatic carbocycles. The van der Waals surface area contributed by atoms with Gasteiger partial charge in [0.15, 0.2) is 5.11 Å². The number of thiocarbonyl (C=S) groups is 1. The van der Waals surface area contributed by atoms with E-state index in [1.807, 2.05) is 18.7 Å². The van der Waals surface area contributed by atoms with E-state index in [0.717, 1.165) is 12.1 Å². The fourth-order valence-electron chi connectivity index (χ4n) is 3.56. The smallest absolute Gasteiger partial charge is 0.338 e. The Bertz CT molecular complexity index is 1120. The largest absolute Gasteiger partial charge is 0.463 e. The van der Waals surface area contributed by atoms with Crippen LogP contribution >= 0.6 is 12.2 Å². The first kappa shape index (κ1) is 24.1. The van der Waals surface area contributed by atoms with Gasteiger partial charge in [-0.15, -0.1) is 0 Å². The molecule has 2 aromatic rings. The summed E-state index contributed by atoms with van der Waals surface area (Å²) in [5.74, 6) is -2.10. The number of nitrogens with one attached hydrogen (secondary N) is 3. The van der Waals surface area contributed by atoms with Crippen LogP contribution in [0.5, 0.6) is 0 Å². The Hall–Kier alpha value is -3.53. The molecule has 0 fully saturated rings. The molecule has 0 aromatic heterocycles. The monoisotopic (exact) mass is 474 g/mol. The lowest BCUT2D eigenvalue weighted by atomic mass is 9.94. The number of halogens is 2. The number of nitrogens with zero attached hydrogens (tertiary/aromatic N) is 1. The van der Waals surface area contributed by atoms with Crippen molar-refractivity contribution in [2.75, 3.05) is 23.8 Å². The predicted octanol–water partition coefficient (Wildman–Crippen LogP) is 4.70. The maximum absolute atomic E-state index is 13.8. The number of urea groups is 1. The zero-order valence-corrected chi connectivity index (χ0v) is 19.2.